The van der Waals surface area contributed by atoms with Gasteiger partial charge in [0.15, 0.2) is 0 Å². The van der Waals surface area contributed by atoms with Crippen molar-refractivity contribution in [1.82, 2.24) is 4.90 Å². The Morgan fingerprint density at radius 3 is 1.40 bits per heavy atom. The molecular formula is C17H37NO2. The van der Waals surface area contributed by atoms with Gasteiger partial charge in [0.1, 0.15) is 0 Å². The van der Waals surface area contributed by atoms with Gasteiger partial charge in [-0.1, -0.05) is 65.2 Å². The molecule has 0 unspecified atom stereocenters. The number of rotatable bonds is 15. The maximum atomic E-state index is 5.82. The molecule has 0 amide bonds. The molecule has 0 spiro atoms. The lowest BCUT2D eigenvalue weighted by atomic mass is 10.2. The lowest BCUT2D eigenvalue weighted by molar-refractivity contribution is -0.212. The minimum Gasteiger partial charge on any atom is -0.340 e. The third-order valence-corrected chi connectivity index (χ3v) is 3.44. The summed E-state index contributed by atoms with van der Waals surface area (Å²) in [4.78, 5) is 2.01. The van der Waals surface area contributed by atoms with Crippen LogP contribution in [0.1, 0.15) is 78.1 Å². The van der Waals surface area contributed by atoms with E-state index in [9.17, 15) is 0 Å². The molecule has 0 heterocycles. The Labute approximate surface area is 127 Å². The summed E-state index contributed by atoms with van der Waals surface area (Å²) in [5.41, 5.74) is 0. The van der Waals surface area contributed by atoms with Crippen molar-refractivity contribution in [3.05, 3.63) is 0 Å². The first-order valence-corrected chi connectivity index (χ1v) is 8.62. The molecule has 0 aromatic carbocycles. The van der Waals surface area contributed by atoms with Crippen molar-refractivity contribution in [2.75, 3.05) is 27.3 Å². The molecule has 0 N–H and O–H groups in total. The van der Waals surface area contributed by atoms with Gasteiger partial charge in [0, 0.05) is 0 Å². The molecule has 0 aliphatic carbocycles. The van der Waals surface area contributed by atoms with Crippen LogP contribution in [-0.2, 0) is 9.47 Å². The van der Waals surface area contributed by atoms with Crippen molar-refractivity contribution >= 4 is 0 Å². The van der Waals surface area contributed by atoms with Gasteiger partial charge in [0.05, 0.1) is 13.2 Å². The fourth-order valence-corrected chi connectivity index (χ4v) is 2.13. The van der Waals surface area contributed by atoms with Crippen LogP contribution in [-0.4, -0.2) is 38.6 Å². The predicted molar refractivity (Wildman–Crippen MR) is 86.9 cm³/mol. The molecule has 0 saturated carbocycles. The third-order valence-electron chi connectivity index (χ3n) is 3.44. The predicted octanol–water partition coefficient (Wildman–Crippen LogP) is 4.81. The molecule has 0 fully saturated rings. The van der Waals surface area contributed by atoms with Gasteiger partial charge in [0.2, 0.25) is 6.41 Å². The van der Waals surface area contributed by atoms with E-state index in [1.807, 2.05) is 19.0 Å². The van der Waals surface area contributed by atoms with Gasteiger partial charge in [-0.2, -0.15) is 0 Å². The topological polar surface area (TPSA) is 21.7 Å². The van der Waals surface area contributed by atoms with Crippen LogP contribution in [0.4, 0.5) is 0 Å². The summed E-state index contributed by atoms with van der Waals surface area (Å²) >= 11 is 0. The Morgan fingerprint density at radius 2 is 1.05 bits per heavy atom. The van der Waals surface area contributed by atoms with E-state index in [2.05, 4.69) is 13.8 Å². The smallest absolute Gasteiger partial charge is 0.218 e. The number of ether oxygens (including phenoxy) is 2. The fraction of sp³-hybridized carbons (Fsp3) is 1.00. The van der Waals surface area contributed by atoms with Crippen LogP contribution in [0, 0.1) is 0 Å². The molecule has 3 nitrogen and oxygen atoms in total. The molecule has 3 heteroatoms. The van der Waals surface area contributed by atoms with Gasteiger partial charge in [-0.15, -0.1) is 0 Å². The van der Waals surface area contributed by atoms with E-state index >= 15 is 0 Å². The summed E-state index contributed by atoms with van der Waals surface area (Å²) in [6, 6.07) is 0. The second-order valence-electron chi connectivity index (χ2n) is 5.84. The van der Waals surface area contributed by atoms with Crippen LogP contribution in [0.15, 0.2) is 0 Å². The average molecular weight is 287 g/mol. The molecule has 0 aliphatic heterocycles. The highest BCUT2D eigenvalue weighted by atomic mass is 16.7. The quantitative estimate of drug-likeness (QED) is 0.319. The Kier molecular flexibility index (Phi) is 15.2. The largest absolute Gasteiger partial charge is 0.340 e. The van der Waals surface area contributed by atoms with Crippen molar-refractivity contribution in [2.45, 2.75) is 84.5 Å². The van der Waals surface area contributed by atoms with E-state index in [0.29, 0.717) is 0 Å². The molecule has 0 aromatic rings. The van der Waals surface area contributed by atoms with Gasteiger partial charge in [-0.3, -0.25) is 4.90 Å². The number of unbranched alkanes of at least 4 members (excludes halogenated alkanes) is 8. The van der Waals surface area contributed by atoms with Crippen molar-refractivity contribution in [1.29, 1.82) is 0 Å². The maximum Gasteiger partial charge on any atom is 0.218 e. The van der Waals surface area contributed by atoms with Crippen LogP contribution in [0.2, 0.25) is 0 Å². The molecule has 0 rings (SSSR count). The molecule has 0 aromatic heterocycles. The normalized spacial score (nSPS) is 11.7. The summed E-state index contributed by atoms with van der Waals surface area (Å²) in [5, 5.41) is 0. The molecule has 0 bridgehead atoms. The van der Waals surface area contributed by atoms with Gasteiger partial charge in [-0.05, 0) is 26.9 Å². The summed E-state index contributed by atoms with van der Waals surface area (Å²) in [7, 11) is 4.03. The minimum absolute atomic E-state index is 0.174. The van der Waals surface area contributed by atoms with E-state index in [4.69, 9.17) is 9.47 Å². The summed E-state index contributed by atoms with van der Waals surface area (Å²) in [6.07, 6.45) is 12.6. The molecule has 0 atom stereocenters. The summed E-state index contributed by atoms with van der Waals surface area (Å²) < 4.78 is 11.6. The molecule has 0 radical (unpaired) electrons. The van der Waals surface area contributed by atoms with Gasteiger partial charge < -0.3 is 9.47 Å². The Bertz CT molecular complexity index is 170. The zero-order valence-corrected chi connectivity index (χ0v) is 14.3. The van der Waals surface area contributed by atoms with Crippen LogP contribution >= 0.6 is 0 Å². The summed E-state index contributed by atoms with van der Waals surface area (Å²) in [5.74, 6) is 0. The Hall–Kier alpha value is -0.120. The van der Waals surface area contributed by atoms with Gasteiger partial charge in [0.25, 0.3) is 0 Å². The first-order valence-electron chi connectivity index (χ1n) is 8.62. The van der Waals surface area contributed by atoms with E-state index < -0.39 is 0 Å². The van der Waals surface area contributed by atoms with Crippen LogP contribution in [0.25, 0.3) is 0 Å². The molecule has 0 aliphatic rings. The monoisotopic (exact) mass is 287 g/mol. The van der Waals surface area contributed by atoms with Crippen LogP contribution < -0.4 is 0 Å². The molecule has 0 saturated heterocycles. The van der Waals surface area contributed by atoms with E-state index in [1.54, 1.807) is 0 Å². The highest BCUT2D eigenvalue weighted by Gasteiger charge is 2.11. The standard InChI is InChI=1S/C17H37NO2/c1-5-7-9-11-13-15-19-17(18(3)4)20-16-14-12-10-8-6-2/h17H,5-16H2,1-4H3. The first kappa shape index (κ1) is 19.9. The average Bonchev–Trinajstić information content (AvgIpc) is 2.43. The van der Waals surface area contributed by atoms with Gasteiger partial charge in [-0.25, -0.2) is 0 Å². The number of hydrogen-bond donors (Lipinski definition) is 0. The number of hydrogen-bond acceptors (Lipinski definition) is 3. The second-order valence-corrected chi connectivity index (χ2v) is 5.84. The third kappa shape index (κ3) is 12.9. The first-order chi connectivity index (χ1) is 9.72. The van der Waals surface area contributed by atoms with Crippen LogP contribution in [0.3, 0.4) is 0 Å². The zero-order chi connectivity index (χ0) is 15.1. The van der Waals surface area contributed by atoms with Crippen molar-refractivity contribution in [2.24, 2.45) is 0 Å². The van der Waals surface area contributed by atoms with Crippen molar-refractivity contribution < 1.29 is 9.47 Å². The van der Waals surface area contributed by atoms with Crippen molar-refractivity contribution in [3.8, 4) is 0 Å². The minimum atomic E-state index is -0.174. The van der Waals surface area contributed by atoms with E-state index in [0.717, 1.165) is 26.1 Å². The SMILES string of the molecule is CCCCCCCOC(OCCCCCCC)N(C)C. The van der Waals surface area contributed by atoms with Crippen molar-refractivity contribution in [3.63, 3.8) is 0 Å². The number of nitrogens with zero attached hydrogens (tertiary/aromatic N) is 1. The maximum absolute atomic E-state index is 5.82. The second kappa shape index (κ2) is 15.3. The highest BCUT2D eigenvalue weighted by molar-refractivity contribution is 4.46. The Morgan fingerprint density at radius 1 is 0.650 bits per heavy atom. The zero-order valence-electron chi connectivity index (χ0n) is 14.3. The Balaban J connectivity index is 3.51. The van der Waals surface area contributed by atoms with Gasteiger partial charge >= 0.3 is 0 Å². The van der Waals surface area contributed by atoms with E-state index in [-0.39, 0.29) is 6.41 Å². The lowest BCUT2D eigenvalue weighted by Gasteiger charge is -2.24. The van der Waals surface area contributed by atoms with E-state index in [1.165, 1.54) is 51.4 Å². The molecular weight excluding hydrogens is 250 g/mol. The van der Waals surface area contributed by atoms with Crippen LogP contribution in [0.5, 0.6) is 0 Å². The fourth-order valence-electron chi connectivity index (χ4n) is 2.13. The summed E-state index contributed by atoms with van der Waals surface area (Å²) in [6.45, 7) is 6.10. The molecule has 20 heavy (non-hydrogen) atoms. The molecule has 122 valence electrons. The lowest BCUT2D eigenvalue weighted by Crippen LogP contribution is -2.34. The highest BCUT2D eigenvalue weighted by Crippen LogP contribution is 2.07.